The second-order valence-electron chi connectivity index (χ2n) is 9.76. The maximum atomic E-state index is 12.1. The van der Waals surface area contributed by atoms with Gasteiger partial charge in [0.1, 0.15) is 42.2 Å². The molecule has 0 radical (unpaired) electrons. The van der Waals surface area contributed by atoms with Crippen LogP contribution in [0.2, 0.25) is 0 Å². The van der Waals surface area contributed by atoms with Crippen LogP contribution < -0.4 is 10.1 Å². The quantitative estimate of drug-likeness (QED) is 0.380. The van der Waals surface area contributed by atoms with Crippen molar-refractivity contribution >= 4 is 17.7 Å². The Bertz CT molecular complexity index is 1010. The van der Waals surface area contributed by atoms with Crippen LogP contribution in [0.3, 0.4) is 0 Å². The van der Waals surface area contributed by atoms with Crippen LogP contribution in [0.25, 0.3) is 0 Å². The number of benzene rings is 2. The van der Waals surface area contributed by atoms with Gasteiger partial charge in [-0.1, -0.05) is 43.2 Å². The first-order valence-electron chi connectivity index (χ1n) is 12.7. The van der Waals surface area contributed by atoms with Gasteiger partial charge < -0.3 is 30.1 Å². The smallest absolute Gasteiger partial charge is 0.223 e. The van der Waals surface area contributed by atoms with Gasteiger partial charge in [0, 0.05) is 5.92 Å². The van der Waals surface area contributed by atoms with Gasteiger partial charge in [0.15, 0.2) is 0 Å². The predicted octanol–water partition coefficient (Wildman–Crippen LogP) is 3.11. The third kappa shape index (κ3) is 6.42. The van der Waals surface area contributed by atoms with Crippen LogP contribution >= 0.6 is 11.8 Å². The summed E-state index contributed by atoms with van der Waals surface area (Å²) in [6.45, 7) is 2.97. The number of aliphatic hydroxyl groups excluding tert-OH is 3. The standard InChI is InChI=1S/C28H37NO6S/c1-17-7-10-20(26-24(31)23(30)25(32)28(35-26)36-2)16-21(17)15-18-8-11-22(12-9-18)34-14-13-29-27(33)19-5-3-4-6-19/h7-12,16,19,23-26,28,30-32H,3-6,13-15H2,1-2H3,(H,29,33)/t23-,24-,25+,26+,28-/m1/s1. The Morgan fingerprint density at radius 2 is 1.78 bits per heavy atom. The first kappa shape index (κ1) is 26.9. The summed E-state index contributed by atoms with van der Waals surface area (Å²) >= 11 is 1.31. The van der Waals surface area contributed by atoms with Crippen molar-refractivity contribution in [1.29, 1.82) is 0 Å². The molecule has 4 N–H and O–H groups in total. The zero-order valence-corrected chi connectivity index (χ0v) is 21.7. The second kappa shape index (κ2) is 12.4. The first-order chi connectivity index (χ1) is 17.4. The summed E-state index contributed by atoms with van der Waals surface area (Å²) in [5.41, 5.74) is 3.48. The van der Waals surface area contributed by atoms with Gasteiger partial charge in [0.25, 0.3) is 0 Å². The van der Waals surface area contributed by atoms with Crippen molar-refractivity contribution in [2.45, 2.75) is 68.9 Å². The molecule has 8 heteroatoms. The minimum absolute atomic E-state index is 0.143. The van der Waals surface area contributed by atoms with E-state index in [0.29, 0.717) is 19.6 Å². The molecular formula is C28H37NO6S. The minimum atomic E-state index is -1.27. The van der Waals surface area contributed by atoms with Crippen LogP contribution in [0.1, 0.15) is 54.0 Å². The van der Waals surface area contributed by atoms with Crippen LogP contribution in [-0.2, 0) is 16.0 Å². The van der Waals surface area contributed by atoms with Crippen LogP contribution in [0.15, 0.2) is 42.5 Å². The van der Waals surface area contributed by atoms with E-state index in [9.17, 15) is 20.1 Å². The number of carbonyl (C=O) groups excluding carboxylic acids is 1. The van der Waals surface area contributed by atoms with Crippen molar-refractivity contribution in [3.05, 3.63) is 64.7 Å². The van der Waals surface area contributed by atoms with E-state index in [4.69, 9.17) is 9.47 Å². The lowest BCUT2D eigenvalue weighted by molar-refractivity contribution is -0.200. The average molecular weight is 516 g/mol. The van der Waals surface area contributed by atoms with Crippen LogP contribution in [0.5, 0.6) is 5.75 Å². The maximum Gasteiger partial charge on any atom is 0.223 e. The van der Waals surface area contributed by atoms with E-state index < -0.39 is 29.9 Å². The Kier molecular flexibility index (Phi) is 9.30. The molecule has 1 saturated carbocycles. The monoisotopic (exact) mass is 515 g/mol. The Labute approximate surface area is 217 Å². The van der Waals surface area contributed by atoms with Gasteiger partial charge in [-0.2, -0.15) is 0 Å². The molecule has 196 valence electrons. The molecule has 0 aromatic heterocycles. The van der Waals surface area contributed by atoms with E-state index >= 15 is 0 Å². The highest BCUT2D eigenvalue weighted by Gasteiger charge is 2.44. The zero-order chi connectivity index (χ0) is 25.7. The highest BCUT2D eigenvalue weighted by atomic mass is 32.2. The van der Waals surface area contributed by atoms with Gasteiger partial charge in [-0.25, -0.2) is 0 Å². The predicted molar refractivity (Wildman–Crippen MR) is 140 cm³/mol. The molecule has 0 bridgehead atoms. The summed E-state index contributed by atoms with van der Waals surface area (Å²) in [6, 6.07) is 13.8. The Hall–Kier alpha value is -2.10. The molecule has 1 aliphatic carbocycles. The minimum Gasteiger partial charge on any atom is -0.492 e. The van der Waals surface area contributed by atoms with Crippen LogP contribution in [0, 0.1) is 12.8 Å². The number of amides is 1. The lowest BCUT2D eigenvalue weighted by atomic mass is 9.91. The molecule has 1 amide bonds. The van der Waals surface area contributed by atoms with E-state index in [1.165, 1.54) is 11.8 Å². The van der Waals surface area contributed by atoms with Crippen LogP contribution in [-0.4, -0.2) is 64.4 Å². The highest BCUT2D eigenvalue weighted by molar-refractivity contribution is 7.99. The molecule has 1 saturated heterocycles. The lowest BCUT2D eigenvalue weighted by Crippen LogP contribution is -2.52. The SMILES string of the molecule is CS[C@H]1O[C@@H](c2ccc(C)c(Cc3ccc(OCCNC(=O)C4CCCC4)cc3)c2)[C@H](O)[C@@H](O)[C@@H]1O. The average Bonchev–Trinajstić information content (AvgIpc) is 3.43. The summed E-state index contributed by atoms with van der Waals surface area (Å²) < 4.78 is 11.7. The van der Waals surface area contributed by atoms with Crippen molar-refractivity contribution in [2.75, 3.05) is 19.4 Å². The summed E-state index contributed by atoms with van der Waals surface area (Å²) in [4.78, 5) is 12.1. The van der Waals surface area contributed by atoms with E-state index in [2.05, 4.69) is 5.32 Å². The van der Waals surface area contributed by atoms with E-state index in [-0.39, 0.29) is 11.8 Å². The first-order valence-corrected chi connectivity index (χ1v) is 14.0. The van der Waals surface area contributed by atoms with Gasteiger partial charge in [-0.3, -0.25) is 4.79 Å². The Morgan fingerprint density at radius 1 is 1.06 bits per heavy atom. The van der Waals surface area contributed by atoms with Crippen molar-refractivity contribution in [1.82, 2.24) is 5.32 Å². The molecule has 7 nitrogen and oxygen atoms in total. The molecule has 1 heterocycles. The van der Waals surface area contributed by atoms with Gasteiger partial charge in [-0.05, 0) is 66.8 Å². The number of rotatable bonds is 9. The fourth-order valence-electron chi connectivity index (χ4n) is 4.98. The molecule has 4 rings (SSSR count). The normalized spacial score (nSPS) is 26.6. The summed E-state index contributed by atoms with van der Waals surface area (Å²) in [5.74, 6) is 1.07. The Morgan fingerprint density at radius 3 is 2.47 bits per heavy atom. The molecule has 5 atom stereocenters. The molecule has 2 fully saturated rings. The highest BCUT2D eigenvalue weighted by Crippen LogP contribution is 2.36. The van der Waals surface area contributed by atoms with Crippen molar-refractivity contribution in [3.8, 4) is 5.75 Å². The van der Waals surface area contributed by atoms with Gasteiger partial charge in [-0.15, -0.1) is 11.8 Å². The number of ether oxygens (including phenoxy) is 2. The largest absolute Gasteiger partial charge is 0.492 e. The van der Waals surface area contributed by atoms with Gasteiger partial charge >= 0.3 is 0 Å². The van der Waals surface area contributed by atoms with Crippen LogP contribution in [0.4, 0.5) is 0 Å². The summed E-state index contributed by atoms with van der Waals surface area (Å²) in [7, 11) is 0. The molecule has 2 aromatic rings. The van der Waals surface area contributed by atoms with Gasteiger partial charge in [0.05, 0.1) is 6.54 Å². The third-order valence-corrected chi connectivity index (χ3v) is 8.07. The number of thioether (sulfide) groups is 1. The second-order valence-corrected chi connectivity index (χ2v) is 10.7. The van der Waals surface area contributed by atoms with Crippen molar-refractivity contribution < 1.29 is 29.6 Å². The molecule has 0 unspecified atom stereocenters. The molecule has 0 spiro atoms. The van der Waals surface area contributed by atoms with E-state index in [0.717, 1.165) is 53.7 Å². The lowest BCUT2D eigenvalue weighted by Gasteiger charge is -2.40. The third-order valence-electron chi connectivity index (χ3n) is 7.22. The number of aryl methyl sites for hydroxylation is 1. The summed E-state index contributed by atoms with van der Waals surface area (Å²) in [5, 5.41) is 34.0. The fraction of sp³-hybridized carbons (Fsp3) is 0.536. The van der Waals surface area contributed by atoms with Crippen molar-refractivity contribution in [3.63, 3.8) is 0 Å². The number of carbonyl (C=O) groups is 1. The van der Waals surface area contributed by atoms with Crippen molar-refractivity contribution in [2.24, 2.45) is 5.92 Å². The number of nitrogens with one attached hydrogen (secondary N) is 1. The van der Waals surface area contributed by atoms with E-state index in [1.807, 2.05) is 49.4 Å². The molecule has 1 aliphatic heterocycles. The molecular weight excluding hydrogens is 478 g/mol. The van der Waals surface area contributed by atoms with E-state index in [1.54, 1.807) is 6.26 Å². The van der Waals surface area contributed by atoms with Gasteiger partial charge in [0.2, 0.25) is 5.91 Å². The molecule has 36 heavy (non-hydrogen) atoms. The maximum absolute atomic E-state index is 12.1. The topological polar surface area (TPSA) is 108 Å². The molecule has 2 aliphatic rings. The number of hydrogen-bond acceptors (Lipinski definition) is 7. The molecule has 2 aromatic carbocycles. The summed E-state index contributed by atoms with van der Waals surface area (Å²) in [6.07, 6.45) is 2.44. The number of aliphatic hydroxyl groups is 3. The Balaban J connectivity index is 1.33. The number of hydrogen-bond donors (Lipinski definition) is 4. The zero-order valence-electron chi connectivity index (χ0n) is 20.9. The fourth-order valence-corrected chi connectivity index (χ4v) is 5.65.